The Labute approximate surface area is 123 Å². The monoisotopic (exact) mass is 318 g/mol. The molecule has 114 valence electrons. The number of hydrogen-bond donors (Lipinski definition) is 0. The first-order chi connectivity index (χ1) is 9.95. The van der Waals surface area contributed by atoms with Crippen molar-refractivity contribution in [1.82, 2.24) is 19.7 Å². The molecule has 0 unspecified atom stereocenters. The van der Waals surface area contributed by atoms with Crippen molar-refractivity contribution < 1.29 is 17.9 Å². The Hall–Kier alpha value is -1.77. The highest BCUT2D eigenvalue weighted by Gasteiger charge is 2.36. The van der Waals surface area contributed by atoms with Crippen molar-refractivity contribution in [2.75, 3.05) is 12.9 Å². The first-order valence-electron chi connectivity index (χ1n) is 6.13. The van der Waals surface area contributed by atoms with Crippen LogP contribution in [0.15, 0.2) is 23.4 Å². The van der Waals surface area contributed by atoms with Crippen LogP contribution in [0.5, 0.6) is 5.88 Å². The van der Waals surface area contributed by atoms with Gasteiger partial charge in [-0.3, -0.25) is 0 Å². The van der Waals surface area contributed by atoms with Crippen molar-refractivity contribution in [2.24, 2.45) is 0 Å². The van der Waals surface area contributed by atoms with Crippen molar-refractivity contribution in [2.45, 2.75) is 24.5 Å². The second-order valence-electron chi connectivity index (χ2n) is 4.02. The van der Waals surface area contributed by atoms with Gasteiger partial charge in [-0.1, -0.05) is 6.92 Å². The van der Waals surface area contributed by atoms with E-state index >= 15 is 0 Å². The molecule has 5 nitrogen and oxygen atoms in total. The van der Waals surface area contributed by atoms with Gasteiger partial charge in [0, 0.05) is 12.3 Å². The van der Waals surface area contributed by atoms with E-state index in [2.05, 4.69) is 15.1 Å². The van der Waals surface area contributed by atoms with Crippen molar-refractivity contribution >= 4 is 11.8 Å². The van der Waals surface area contributed by atoms with E-state index in [1.165, 1.54) is 18.0 Å². The number of aromatic nitrogens is 4. The molecule has 0 amide bonds. The molecular weight excluding hydrogens is 305 g/mol. The largest absolute Gasteiger partial charge is 0.478 e. The fourth-order valence-electron chi connectivity index (χ4n) is 1.50. The summed E-state index contributed by atoms with van der Waals surface area (Å²) in [5.41, 5.74) is -1.04. The molecule has 0 aliphatic rings. The minimum Gasteiger partial charge on any atom is -0.478 e. The molecule has 0 atom stereocenters. The van der Waals surface area contributed by atoms with E-state index in [0.717, 1.165) is 10.7 Å². The lowest BCUT2D eigenvalue weighted by atomic mass is 10.4. The number of hydrogen-bond acceptors (Lipinski definition) is 5. The lowest BCUT2D eigenvalue weighted by molar-refractivity contribution is -0.141. The Balaban J connectivity index is 2.46. The standard InChI is InChI=1S/C12H13F3N4OS/c1-3-6-20-10-7-8(12(13,14)15)18-19(10)11-16-5-4-9(17-11)21-2/h4-5,7H,3,6H2,1-2H3. The molecule has 2 heterocycles. The van der Waals surface area contributed by atoms with E-state index in [-0.39, 0.29) is 18.4 Å². The molecule has 9 heteroatoms. The fourth-order valence-corrected chi connectivity index (χ4v) is 1.87. The molecule has 0 spiro atoms. The smallest absolute Gasteiger partial charge is 0.435 e. The summed E-state index contributed by atoms with van der Waals surface area (Å²) in [6.45, 7) is 2.14. The van der Waals surface area contributed by atoms with Crippen LogP contribution in [0, 0.1) is 0 Å². The second kappa shape index (κ2) is 6.33. The van der Waals surface area contributed by atoms with Crippen LogP contribution in [0.1, 0.15) is 19.0 Å². The summed E-state index contributed by atoms with van der Waals surface area (Å²) in [6.07, 6.45) is -0.609. The van der Waals surface area contributed by atoms with Gasteiger partial charge < -0.3 is 4.74 Å². The molecule has 0 saturated carbocycles. The third kappa shape index (κ3) is 3.66. The summed E-state index contributed by atoms with van der Waals surface area (Å²) in [7, 11) is 0. The maximum atomic E-state index is 12.8. The van der Waals surface area contributed by atoms with Crippen LogP contribution in [0.25, 0.3) is 5.95 Å². The minimum atomic E-state index is -4.55. The van der Waals surface area contributed by atoms with Gasteiger partial charge in [0.2, 0.25) is 5.88 Å². The van der Waals surface area contributed by atoms with Gasteiger partial charge in [0.05, 0.1) is 6.61 Å². The van der Waals surface area contributed by atoms with Crippen LogP contribution in [0.4, 0.5) is 13.2 Å². The van der Waals surface area contributed by atoms with Gasteiger partial charge in [-0.2, -0.15) is 23.0 Å². The summed E-state index contributed by atoms with van der Waals surface area (Å²) in [5, 5.41) is 4.14. The van der Waals surface area contributed by atoms with Crippen LogP contribution in [-0.2, 0) is 6.18 Å². The molecule has 0 aliphatic heterocycles. The molecule has 0 aliphatic carbocycles. The molecular formula is C12H13F3N4OS. The van der Waals surface area contributed by atoms with Crippen molar-refractivity contribution in [3.63, 3.8) is 0 Å². The number of alkyl halides is 3. The van der Waals surface area contributed by atoms with Gasteiger partial charge in [-0.15, -0.1) is 11.8 Å². The van der Waals surface area contributed by atoms with Gasteiger partial charge in [-0.05, 0) is 18.7 Å². The van der Waals surface area contributed by atoms with E-state index < -0.39 is 11.9 Å². The van der Waals surface area contributed by atoms with Crippen LogP contribution in [0.3, 0.4) is 0 Å². The average Bonchev–Trinajstić information content (AvgIpc) is 2.89. The van der Waals surface area contributed by atoms with Crippen LogP contribution < -0.4 is 4.74 Å². The SMILES string of the molecule is CCCOc1cc(C(F)(F)F)nn1-c1nccc(SC)n1. The zero-order valence-electron chi connectivity index (χ0n) is 11.4. The first-order valence-corrected chi connectivity index (χ1v) is 7.35. The lowest BCUT2D eigenvalue weighted by Gasteiger charge is -2.07. The summed E-state index contributed by atoms with van der Waals surface area (Å²) >= 11 is 1.36. The molecule has 21 heavy (non-hydrogen) atoms. The number of rotatable bonds is 5. The third-order valence-corrected chi connectivity index (χ3v) is 3.08. The van der Waals surface area contributed by atoms with E-state index in [9.17, 15) is 13.2 Å². The molecule has 0 radical (unpaired) electrons. The Morgan fingerprint density at radius 1 is 1.38 bits per heavy atom. The third-order valence-electron chi connectivity index (χ3n) is 2.44. The maximum Gasteiger partial charge on any atom is 0.435 e. The maximum absolute atomic E-state index is 12.8. The Morgan fingerprint density at radius 3 is 2.76 bits per heavy atom. The zero-order valence-corrected chi connectivity index (χ0v) is 12.2. The van der Waals surface area contributed by atoms with E-state index in [1.807, 2.05) is 13.2 Å². The van der Waals surface area contributed by atoms with Gasteiger partial charge in [-0.25, -0.2) is 9.97 Å². The van der Waals surface area contributed by atoms with Crippen LogP contribution in [0.2, 0.25) is 0 Å². The van der Waals surface area contributed by atoms with Crippen molar-refractivity contribution in [3.05, 3.63) is 24.0 Å². The molecule has 2 aromatic rings. The predicted molar refractivity (Wildman–Crippen MR) is 71.7 cm³/mol. The average molecular weight is 318 g/mol. The molecule has 0 saturated heterocycles. The van der Waals surface area contributed by atoms with Crippen molar-refractivity contribution in [3.8, 4) is 11.8 Å². The van der Waals surface area contributed by atoms with Crippen molar-refractivity contribution in [1.29, 1.82) is 0 Å². The summed E-state index contributed by atoms with van der Waals surface area (Å²) < 4.78 is 44.6. The van der Waals surface area contributed by atoms with E-state index in [4.69, 9.17) is 4.74 Å². The predicted octanol–water partition coefficient (Wildman–Crippen LogP) is 3.19. The highest BCUT2D eigenvalue weighted by molar-refractivity contribution is 7.98. The molecule has 0 aromatic carbocycles. The zero-order chi connectivity index (χ0) is 15.5. The fraction of sp³-hybridized carbons (Fsp3) is 0.417. The van der Waals surface area contributed by atoms with Crippen LogP contribution in [-0.4, -0.2) is 32.6 Å². The summed E-state index contributed by atoms with van der Waals surface area (Å²) in [4.78, 5) is 8.08. The Morgan fingerprint density at radius 2 is 2.14 bits per heavy atom. The molecule has 0 bridgehead atoms. The Kier molecular flexibility index (Phi) is 4.71. The second-order valence-corrected chi connectivity index (χ2v) is 4.85. The van der Waals surface area contributed by atoms with E-state index in [1.54, 1.807) is 6.07 Å². The number of nitrogens with zero attached hydrogens (tertiary/aromatic N) is 4. The first kappa shape index (κ1) is 15.6. The summed E-state index contributed by atoms with van der Waals surface area (Å²) in [5.74, 6) is 0.0193. The van der Waals surface area contributed by atoms with E-state index in [0.29, 0.717) is 11.4 Å². The van der Waals surface area contributed by atoms with Crippen LogP contribution >= 0.6 is 11.8 Å². The van der Waals surface area contributed by atoms with Gasteiger partial charge >= 0.3 is 6.18 Å². The topological polar surface area (TPSA) is 52.8 Å². The van der Waals surface area contributed by atoms with Gasteiger partial charge in [0.25, 0.3) is 5.95 Å². The quantitative estimate of drug-likeness (QED) is 0.626. The number of halogens is 3. The summed E-state index contributed by atoms with van der Waals surface area (Å²) in [6, 6.07) is 2.51. The lowest BCUT2D eigenvalue weighted by Crippen LogP contribution is -2.10. The highest BCUT2D eigenvalue weighted by Crippen LogP contribution is 2.31. The molecule has 2 aromatic heterocycles. The van der Waals surface area contributed by atoms with Gasteiger partial charge in [0.1, 0.15) is 5.03 Å². The number of ether oxygens (including phenoxy) is 1. The minimum absolute atomic E-state index is 0.0255. The Bertz CT molecular complexity index is 615. The van der Waals surface area contributed by atoms with Gasteiger partial charge in [0.15, 0.2) is 5.69 Å². The molecule has 2 rings (SSSR count). The molecule has 0 N–H and O–H groups in total. The normalized spacial score (nSPS) is 11.7. The highest BCUT2D eigenvalue weighted by atomic mass is 32.2. The molecule has 0 fully saturated rings. The number of thioether (sulfide) groups is 1.